The van der Waals surface area contributed by atoms with Gasteiger partial charge in [-0.2, -0.15) is 0 Å². The number of hydrogen-bond acceptors (Lipinski definition) is 5. The topological polar surface area (TPSA) is 72.0 Å². The molecule has 24 heavy (non-hydrogen) atoms. The molecule has 5 nitrogen and oxygen atoms in total. The van der Waals surface area contributed by atoms with E-state index in [-0.39, 0.29) is 5.56 Å². The van der Waals surface area contributed by atoms with Crippen LogP contribution in [-0.2, 0) is 4.74 Å². The van der Waals surface area contributed by atoms with Gasteiger partial charge >= 0.3 is 5.97 Å². The highest BCUT2D eigenvalue weighted by Crippen LogP contribution is 2.23. The number of H-pyrrole nitrogens is 1. The summed E-state index contributed by atoms with van der Waals surface area (Å²) in [5, 5.41) is 0.507. The number of aromatic nitrogens is 2. The Morgan fingerprint density at radius 3 is 2.67 bits per heavy atom. The first kappa shape index (κ1) is 16.3. The van der Waals surface area contributed by atoms with Gasteiger partial charge in [0, 0.05) is 4.90 Å². The largest absolute Gasteiger partial charge is 0.451 e. The Kier molecular flexibility index (Phi) is 4.66. The maximum absolute atomic E-state index is 12.4. The van der Waals surface area contributed by atoms with Crippen molar-refractivity contribution >= 4 is 28.6 Å². The maximum atomic E-state index is 12.4. The zero-order chi connectivity index (χ0) is 17.1. The Labute approximate surface area is 143 Å². The molecule has 0 amide bonds. The fraction of sp³-hybridized carbons (Fsp3) is 0.167. The van der Waals surface area contributed by atoms with E-state index < -0.39 is 12.1 Å². The van der Waals surface area contributed by atoms with Gasteiger partial charge in [-0.05, 0) is 37.4 Å². The number of para-hydroxylation sites is 1. The van der Waals surface area contributed by atoms with Crippen LogP contribution in [0.4, 0.5) is 0 Å². The van der Waals surface area contributed by atoms with E-state index in [0.717, 1.165) is 4.90 Å². The highest BCUT2D eigenvalue weighted by Gasteiger charge is 2.18. The van der Waals surface area contributed by atoms with Crippen LogP contribution in [0.1, 0.15) is 29.2 Å². The van der Waals surface area contributed by atoms with Crippen molar-refractivity contribution in [2.45, 2.75) is 17.9 Å². The SMILES string of the molecule is CSc1ccccc1C(=O)O[C@@H](C)c1nc2ccccc2c(=O)[nH]1. The fourth-order valence-corrected chi connectivity index (χ4v) is 2.98. The molecule has 0 aliphatic heterocycles. The summed E-state index contributed by atoms with van der Waals surface area (Å²) in [5.41, 5.74) is 0.826. The molecule has 6 heteroatoms. The molecule has 0 radical (unpaired) electrons. The van der Waals surface area contributed by atoms with Gasteiger partial charge in [0.2, 0.25) is 0 Å². The van der Waals surface area contributed by atoms with E-state index in [1.54, 1.807) is 37.3 Å². The number of benzene rings is 2. The molecule has 3 aromatic rings. The Bertz CT molecular complexity index is 952. The van der Waals surface area contributed by atoms with Gasteiger partial charge in [0.1, 0.15) is 0 Å². The van der Waals surface area contributed by atoms with Crippen LogP contribution >= 0.6 is 11.8 Å². The number of fused-ring (bicyclic) bond motifs is 1. The van der Waals surface area contributed by atoms with Gasteiger partial charge in [-0.3, -0.25) is 4.79 Å². The van der Waals surface area contributed by atoms with Gasteiger partial charge in [-0.25, -0.2) is 9.78 Å². The average molecular weight is 340 g/mol. The van der Waals surface area contributed by atoms with Crippen molar-refractivity contribution in [3.8, 4) is 0 Å². The highest BCUT2D eigenvalue weighted by molar-refractivity contribution is 7.98. The smallest absolute Gasteiger partial charge is 0.339 e. The summed E-state index contributed by atoms with van der Waals surface area (Å²) in [5.74, 6) is -0.114. The van der Waals surface area contributed by atoms with Gasteiger partial charge in [0.05, 0.1) is 16.5 Å². The van der Waals surface area contributed by atoms with Gasteiger partial charge in [-0.1, -0.05) is 24.3 Å². The van der Waals surface area contributed by atoms with Crippen LogP contribution < -0.4 is 5.56 Å². The molecule has 0 saturated heterocycles. The molecule has 0 saturated carbocycles. The minimum absolute atomic E-state index is 0.247. The molecule has 2 aromatic carbocycles. The second-order valence-corrected chi connectivity index (χ2v) is 6.06. The zero-order valence-corrected chi connectivity index (χ0v) is 14.1. The van der Waals surface area contributed by atoms with Crippen molar-refractivity contribution < 1.29 is 9.53 Å². The van der Waals surface area contributed by atoms with Crippen molar-refractivity contribution in [2.24, 2.45) is 0 Å². The standard InChI is InChI=1S/C18H16N2O3S/c1-11(23-18(22)13-8-4-6-10-15(13)24-2)16-19-14-9-5-3-7-12(14)17(21)20-16/h3-11H,1-2H3,(H,19,20,21)/t11-/m0/s1. The zero-order valence-electron chi connectivity index (χ0n) is 13.3. The number of aromatic amines is 1. The molecule has 3 rings (SSSR count). The molecule has 0 spiro atoms. The van der Waals surface area contributed by atoms with E-state index in [2.05, 4.69) is 9.97 Å². The predicted octanol–water partition coefficient (Wildman–Crippen LogP) is 3.56. The van der Waals surface area contributed by atoms with Crippen molar-refractivity contribution in [1.29, 1.82) is 0 Å². The van der Waals surface area contributed by atoms with E-state index in [9.17, 15) is 9.59 Å². The summed E-state index contributed by atoms with van der Waals surface area (Å²) in [7, 11) is 0. The number of carbonyl (C=O) groups is 1. The van der Waals surface area contributed by atoms with Crippen LogP contribution in [0.15, 0.2) is 58.2 Å². The van der Waals surface area contributed by atoms with Crippen LogP contribution in [0.25, 0.3) is 10.9 Å². The highest BCUT2D eigenvalue weighted by atomic mass is 32.2. The Morgan fingerprint density at radius 2 is 1.88 bits per heavy atom. The lowest BCUT2D eigenvalue weighted by Crippen LogP contribution is -2.17. The molecule has 1 aromatic heterocycles. The second kappa shape index (κ2) is 6.88. The number of carbonyl (C=O) groups excluding carboxylic acids is 1. The van der Waals surface area contributed by atoms with Crippen LogP contribution in [0, 0.1) is 0 Å². The van der Waals surface area contributed by atoms with Crippen LogP contribution in [0.3, 0.4) is 0 Å². The number of rotatable bonds is 4. The fourth-order valence-electron chi connectivity index (χ4n) is 2.39. The number of esters is 1. The quantitative estimate of drug-likeness (QED) is 0.581. The lowest BCUT2D eigenvalue weighted by Gasteiger charge is -2.14. The lowest BCUT2D eigenvalue weighted by molar-refractivity contribution is 0.0316. The maximum Gasteiger partial charge on any atom is 0.339 e. The molecule has 0 aliphatic carbocycles. The molecule has 1 heterocycles. The molecule has 0 bridgehead atoms. The summed E-state index contributed by atoms with van der Waals surface area (Å²) >= 11 is 1.48. The summed E-state index contributed by atoms with van der Waals surface area (Å²) in [6.07, 6.45) is 1.24. The van der Waals surface area contributed by atoms with E-state index in [4.69, 9.17) is 4.74 Å². The summed E-state index contributed by atoms with van der Waals surface area (Å²) in [6, 6.07) is 14.3. The molecular weight excluding hydrogens is 324 g/mol. The third-order valence-electron chi connectivity index (χ3n) is 3.63. The van der Waals surface area contributed by atoms with Crippen molar-refractivity contribution in [2.75, 3.05) is 6.26 Å². The van der Waals surface area contributed by atoms with E-state index >= 15 is 0 Å². The number of nitrogens with zero attached hydrogens (tertiary/aromatic N) is 1. The number of ether oxygens (including phenoxy) is 1. The van der Waals surface area contributed by atoms with Gasteiger partial charge in [-0.15, -0.1) is 11.8 Å². The Balaban J connectivity index is 1.88. The van der Waals surface area contributed by atoms with Gasteiger partial charge < -0.3 is 9.72 Å². The third-order valence-corrected chi connectivity index (χ3v) is 4.42. The van der Waals surface area contributed by atoms with Crippen molar-refractivity contribution in [1.82, 2.24) is 9.97 Å². The minimum Gasteiger partial charge on any atom is -0.451 e. The molecule has 0 fully saturated rings. The first-order valence-corrected chi connectivity index (χ1v) is 8.65. The van der Waals surface area contributed by atoms with Crippen LogP contribution in [-0.4, -0.2) is 22.2 Å². The van der Waals surface area contributed by atoms with Gasteiger partial charge in [0.25, 0.3) is 5.56 Å². The predicted molar refractivity (Wildman–Crippen MR) is 94.4 cm³/mol. The van der Waals surface area contributed by atoms with Crippen molar-refractivity contribution in [3.63, 3.8) is 0 Å². The second-order valence-electron chi connectivity index (χ2n) is 5.22. The first-order chi connectivity index (χ1) is 11.6. The van der Waals surface area contributed by atoms with E-state index in [1.165, 1.54) is 11.8 Å². The summed E-state index contributed by atoms with van der Waals surface area (Å²) in [6.45, 7) is 1.69. The molecular formula is C18H16N2O3S. The number of nitrogens with one attached hydrogen (secondary N) is 1. The number of hydrogen-bond donors (Lipinski definition) is 1. The number of thioether (sulfide) groups is 1. The summed E-state index contributed by atoms with van der Waals surface area (Å²) < 4.78 is 5.48. The first-order valence-electron chi connectivity index (χ1n) is 7.43. The van der Waals surface area contributed by atoms with E-state index in [0.29, 0.717) is 22.3 Å². The van der Waals surface area contributed by atoms with Gasteiger partial charge in [0.15, 0.2) is 11.9 Å². The Hall–Kier alpha value is -2.60. The lowest BCUT2D eigenvalue weighted by atomic mass is 10.2. The summed E-state index contributed by atoms with van der Waals surface area (Å²) in [4.78, 5) is 32.4. The van der Waals surface area contributed by atoms with E-state index in [1.807, 2.05) is 24.5 Å². The van der Waals surface area contributed by atoms with Crippen LogP contribution in [0.5, 0.6) is 0 Å². The molecule has 0 aliphatic rings. The molecule has 1 atom stereocenters. The monoisotopic (exact) mass is 340 g/mol. The third kappa shape index (κ3) is 3.19. The Morgan fingerprint density at radius 1 is 1.17 bits per heavy atom. The average Bonchev–Trinajstić information content (AvgIpc) is 2.61. The van der Waals surface area contributed by atoms with Crippen molar-refractivity contribution in [3.05, 3.63) is 70.3 Å². The molecule has 122 valence electrons. The van der Waals surface area contributed by atoms with Crippen LogP contribution in [0.2, 0.25) is 0 Å². The minimum atomic E-state index is -0.662. The molecule has 1 N–H and O–H groups in total. The molecule has 0 unspecified atom stereocenters. The normalized spacial score (nSPS) is 12.1.